The number of carbonyl (C=O) groups excluding carboxylic acids is 2. The van der Waals surface area contributed by atoms with Gasteiger partial charge in [-0.25, -0.2) is 4.98 Å². The predicted molar refractivity (Wildman–Crippen MR) is 115 cm³/mol. The molecule has 3 N–H and O–H groups in total. The number of anilines is 1. The molecule has 2 aromatic carbocycles. The highest BCUT2D eigenvalue weighted by atomic mass is 32.1. The van der Waals surface area contributed by atoms with Crippen LogP contribution in [0.2, 0.25) is 0 Å². The molecule has 7 heteroatoms. The van der Waals surface area contributed by atoms with Gasteiger partial charge in [-0.05, 0) is 28.5 Å². The number of nitrogens with two attached hydrogens (primary N) is 1. The van der Waals surface area contributed by atoms with Gasteiger partial charge >= 0.3 is 0 Å². The van der Waals surface area contributed by atoms with E-state index in [0.717, 1.165) is 16.3 Å². The van der Waals surface area contributed by atoms with Crippen LogP contribution < -0.4 is 11.1 Å². The van der Waals surface area contributed by atoms with Gasteiger partial charge in [0.25, 0.3) is 0 Å². The minimum Gasteiger partial charge on any atom is -0.369 e. The molecule has 0 fully saturated rings. The lowest BCUT2D eigenvalue weighted by molar-refractivity contribution is -0.117. The number of hydrogen-bond donors (Lipinski definition) is 2. The number of primary amides is 1. The van der Waals surface area contributed by atoms with Gasteiger partial charge in [0.05, 0.1) is 24.6 Å². The molecule has 2 heterocycles. The Morgan fingerprint density at radius 2 is 1.83 bits per heavy atom. The SMILES string of the molecule is NC(=O)Cc1csc(NC(=O)CC(c2cccc3ccccc23)n2cccc2)n1. The smallest absolute Gasteiger partial charge is 0.228 e. The van der Waals surface area contributed by atoms with Crippen LogP contribution in [0.1, 0.15) is 23.7 Å². The van der Waals surface area contributed by atoms with Crippen molar-refractivity contribution >= 4 is 39.1 Å². The number of benzene rings is 2. The Balaban J connectivity index is 1.59. The van der Waals surface area contributed by atoms with Gasteiger partial charge in [0.2, 0.25) is 11.8 Å². The average Bonchev–Trinajstić information content (AvgIpc) is 3.38. The number of nitrogens with zero attached hydrogens (tertiary/aromatic N) is 2. The zero-order valence-electron chi connectivity index (χ0n) is 15.6. The van der Waals surface area contributed by atoms with Crippen LogP contribution in [0.25, 0.3) is 10.8 Å². The van der Waals surface area contributed by atoms with E-state index in [4.69, 9.17) is 5.73 Å². The summed E-state index contributed by atoms with van der Waals surface area (Å²) >= 11 is 1.29. The van der Waals surface area contributed by atoms with Crippen LogP contribution in [0.5, 0.6) is 0 Å². The number of aromatic nitrogens is 2. The fraction of sp³-hybridized carbons (Fsp3) is 0.136. The van der Waals surface area contributed by atoms with Crippen LogP contribution >= 0.6 is 11.3 Å². The summed E-state index contributed by atoms with van der Waals surface area (Å²) in [6.07, 6.45) is 4.25. The van der Waals surface area contributed by atoms with E-state index in [1.165, 1.54) is 11.3 Å². The molecule has 0 aliphatic heterocycles. The highest BCUT2D eigenvalue weighted by Crippen LogP contribution is 2.30. The van der Waals surface area contributed by atoms with Crippen molar-refractivity contribution in [2.75, 3.05) is 5.32 Å². The Hall–Kier alpha value is -3.45. The van der Waals surface area contributed by atoms with Crippen LogP contribution in [-0.4, -0.2) is 21.4 Å². The Morgan fingerprint density at radius 3 is 2.62 bits per heavy atom. The minimum absolute atomic E-state index is 0.0639. The molecule has 0 aliphatic carbocycles. The normalized spacial score (nSPS) is 12.0. The topological polar surface area (TPSA) is 90.0 Å². The molecule has 1 atom stereocenters. The summed E-state index contributed by atoms with van der Waals surface area (Å²) in [5.41, 5.74) is 6.85. The number of carbonyl (C=O) groups is 2. The number of hydrogen-bond acceptors (Lipinski definition) is 4. The second-order valence-electron chi connectivity index (χ2n) is 6.75. The van der Waals surface area contributed by atoms with E-state index in [1.54, 1.807) is 5.38 Å². The van der Waals surface area contributed by atoms with Crippen molar-refractivity contribution < 1.29 is 9.59 Å². The second kappa shape index (κ2) is 8.28. The molecule has 29 heavy (non-hydrogen) atoms. The van der Waals surface area contributed by atoms with Gasteiger partial charge in [-0.2, -0.15) is 0 Å². The van der Waals surface area contributed by atoms with Gasteiger partial charge in [-0.1, -0.05) is 42.5 Å². The van der Waals surface area contributed by atoms with Crippen LogP contribution in [0.3, 0.4) is 0 Å². The Kier molecular flexibility index (Phi) is 5.39. The van der Waals surface area contributed by atoms with E-state index in [-0.39, 0.29) is 24.8 Å². The monoisotopic (exact) mass is 404 g/mol. The van der Waals surface area contributed by atoms with Crippen molar-refractivity contribution in [3.05, 3.63) is 83.6 Å². The Morgan fingerprint density at radius 1 is 1.07 bits per heavy atom. The van der Waals surface area contributed by atoms with E-state index in [9.17, 15) is 9.59 Å². The van der Waals surface area contributed by atoms with Crippen LogP contribution in [0.4, 0.5) is 5.13 Å². The summed E-state index contributed by atoms with van der Waals surface area (Å²) in [7, 11) is 0. The first-order valence-corrected chi connectivity index (χ1v) is 10.1. The van der Waals surface area contributed by atoms with Crippen LogP contribution in [-0.2, 0) is 16.0 Å². The molecule has 0 saturated heterocycles. The standard InChI is InChI=1S/C22H20N4O2S/c23-20(27)12-16-14-29-22(24-16)25-21(28)13-19(26-10-3-4-11-26)18-9-5-7-15-6-1-2-8-17(15)18/h1-11,14,19H,12-13H2,(H2,23,27)(H,24,25,28). The molecule has 0 radical (unpaired) electrons. The van der Waals surface area contributed by atoms with Crippen molar-refractivity contribution in [2.45, 2.75) is 18.9 Å². The number of fused-ring (bicyclic) bond motifs is 1. The average molecular weight is 404 g/mol. The van der Waals surface area contributed by atoms with Crippen molar-refractivity contribution in [1.29, 1.82) is 0 Å². The van der Waals surface area contributed by atoms with Gasteiger partial charge in [0.1, 0.15) is 0 Å². The fourth-order valence-electron chi connectivity index (χ4n) is 3.44. The first-order chi connectivity index (χ1) is 14.1. The molecule has 0 bridgehead atoms. The lowest BCUT2D eigenvalue weighted by Gasteiger charge is -2.21. The van der Waals surface area contributed by atoms with Crippen LogP contribution in [0, 0.1) is 0 Å². The van der Waals surface area contributed by atoms with E-state index in [0.29, 0.717) is 10.8 Å². The third-order valence-electron chi connectivity index (χ3n) is 4.70. The number of amides is 2. The largest absolute Gasteiger partial charge is 0.369 e. The van der Waals surface area contributed by atoms with Crippen LogP contribution in [0.15, 0.2) is 72.4 Å². The minimum atomic E-state index is -0.447. The summed E-state index contributed by atoms with van der Waals surface area (Å²) < 4.78 is 2.04. The zero-order valence-corrected chi connectivity index (χ0v) is 16.4. The van der Waals surface area contributed by atoms with Crippen molar-refractivity contribution in [3.8, 4) is 0 Å². The third-order valence-corrected chi connectivity index (χ3v) is 5.51. The summed E-state index contributed by atoms with van der Waals surface area (Å²) in [6.45, 7) is 0. The molecular formula is C22H20N4O2S. The first kappa shape index (κ1) is 18.9. The summed E-state index contributed by atoms with van der Waals surface area (Å²) in [5.74, 6) is -0.589. The molecule has 2 amide bonds. The Bertz CT molecular complexity index is 1150. The van der Waals surface area contributed by atoms with Gasteiger partial charge < -0.3 is 15.6 Å². The molecular weight excluding hydrogens is 384 g/mol. The van der Waals surface area contributed by atoms with Gasteiger partial charge in [0, 0.05) is 17.8 Å². The fourth-order valence-corrected chi connectivity index (χ4v) is 4.17. The maximum absolute atomic E-state index is 12.8. The number of nitrogens with one attached hydrogen (secondary N) is 1. The summed E-state index contributed by atoms with van der Waals surface area (Å²) in [5, 5.41) is 7.31. The Labute approximate surface area is 172 Å². The summed E-state index contributed by atoms with van der Waals surface area (Å²) in [4.78, 5) is 28.1. The first-order valence-electron chi connectivity index (χ1n) is 9.23. The van der Waals surface area contributed by atoms with E-state index in [1.807, 2.05) is 47.3 Å². The third kappa shape index (κ3) is 4.35. The highest BCUT2D eigenvalue weighted by molar-refractivity contribution is 7.13. The van der Waals surface area contributed by atoms with Crippen molar-refractivity contribution in [3.63, 3.8) is 0 Å². The molecule has 4 rings (SSSR count). The molecule has 6 nitrogen and oxygen atoms in total. The number of thiazole rings is 1. The molecule has 0 aliphatic rings. The van der Waals surface area contributed by atoms with Gasteiger partial charge in [-0.15, -0.1) is 11.3 Å². The number of rotatable bonds is 7. The van der Waals surface area contributed by atoms with Gasteiger partial charge in [-0.3, -0.25) is 9.59 Å². The lowest BCUT2D eigenvalue weighted by Crippen LogP contribution is -2.20. The van der Waals surface area contributed by atoms with E-state index < -0.39 is 5.91 Å². The molecule has 2 aromatic heterocycles. The zero-order chi connectivity index (χ0) is 20.2. The molecule has 146 valence electrons. The van der Waals surface area contributed by atoms with E-state index in [2.05, 4.69) is 34.6 Å². The predicted octanol–water partition coefficient (Wildman–Crippen LogP) is 3.74. The molecule has 0 spiro atoms. The quantitative estimate of drug-likeness (QED) is 0.492. The van der Waals surface area contributed by atoms with E-state index >= 15 is 0 Å². The maximum atomic E-state index is 12.8. The maximum Gasteiger partial charge on any atom is 0.228 e. The van der Waals surface area contributed by atoms with Crippen molar-refractivity contribution in [1.82, 2.24) is 9.55 Å². The van der Waals surface area contributed by atoms with Gasteiger partial charge in [0.15, 0.2) is 5.13 Å². The van der Waals surface area contributed by atoms with Crippen molar-refractivity contribution in [2.24, 2.45) is 5.73 Å². The molecule has 4 aromatic rings. The molecule has 0 saturated carbocycles. The second-order valence-corrected chi connectivity index (χ2v) is 7.61. The summed E-state index contributed by atoms with van der Waals surface area (Å²) in [6, 6.07) is 18.1. The molecule has 1 unspecified atom stereocenters. The highest BCUT2D eigenvalue weighted by Gasteiger charge is 2.20. The lowest BCUT2D eigenvalue weighted by atomic mass is 9.96.